The number of fused-ring (bicyclic) bond motifs is 1. The van der Waals surface area contributed by atoms with Crippen LogP contribution in [0.4, 0.5) is 0 Å². The molecule has 2 aromatic carbocycles. The van der Waals surface area contributed by atoms with Crippen LogP contribution in [0.1, 0.15) is 51.4 Å². The SMILES string of the molecule is BrCCCCCCOc1ccc2c(Br)c(OCCCCCCBr)ccc2c1. The van der Waals surface area contributed by atoms with E-state index in [0.29, 0.717) is 0 Å². The monoisotopic (exact) mass is 562 g/mol. The predicted octanol–water partition coefficient (Wildman–Crippen LogP) is 8.27. The zero-order chi connectivity index (χ0) is 19.3. The summed E-state index contributed by atoms with van der Waals surface area (Å²) in [7, 11) is 0. The van der Waals surface area contributed by atoms with Crippen LogP contribution in [0.2, 0.25) is 0 Å². The van der Waals surface area contributed by atoms with E-state index in [2.05, 4.69) is 78.1 Å². The van der Waals surface area contributed by atoms with E-state index in [4.69, 9.17) is 9.47 Å². The Hall–Kier alpha value is -0.260. The van der Waals surface area contributed by atoms with Crippen molar-refractivity contribution in [1.29, 1.82) is 0 Å². The maximum absolute atomic E-state index is 5.97. The van der Waals surface area contributed by atoms with Gasteiger partial charge in [0.25, 0.3) is 0 Å². The van der Waals surface area contributed by atoms with Crippen LogP contribution in [-0.4, -0.2) is 23.9 Å². The van der Waals surface area contributed by atoms with E-state index in [0.717, 1.165) is 58.1 Å². The molecular weight excluding hydrogens is 536 g/mol. The third-order valence-corrected chi connectivity index (χ3v) is 6.41. The van der Waals surface area contributed by atoms with Crippen LogP contribution in [0.3, 0.4) is 0 Å². The van der Waals surface area contributed by atoms with Gasteiger partial charge in [-0.25, -0.2) is 0 Å². The van der Waals surface area contributed by atoms with Gasteiger partial charge in [0.05, 0.1) is 17.7 Å². The quantitative estimate of drug-likeness (QED) is 0.170. The molecule has 0 amide bonds. The number of rotatable bonds is 14. The molecule has 0 fully saturated rings. The minimum Gasteiger partial charge on any atom is -0.494 e. The summed E-state index contributed by atoms with van der Waals surface area (Å²) in [4.78, 5) is 0. The molecule has 0 atom stereocenters. The van der Waals surface area contributed by atoms with Crippen LogP contribution < -0.4 is 9.47 Å². The Labute approximate surface area is 188 Å². The maximum Gasteiger partial charge on any atom is 0.134 e. The lowest BCUT2D eigenvalue weighted by Gasteiger charge is -2.12. The number of hydrogen-bond donors (Lipinski definition) is 0. The summed E-state index contributed by atoms with van der Waals surface area (Å²) in [6.07, 6.45) is 9.64. The van der Waals surface area contributed by atoms with Crippen molar-refractivity contribution in [3.05, 3.63) is 34.8 Å². The zero-order valence-electron chi connectivity index (χ0n) is 15.8. The van der Waals surface area contributed by atoms with Gasteiger partial charge in [-0.3, -0.25) is 0 Å². The summed E-state index contributed by atoms with van der Waals surface area (Å²) < 4.78 is 12.9. The summed E-state index contributed by atoms with van der Waals surface area (Å²) in [6, 6.07) is 10.4. The Morgan fingerprint density at radius 3 is 1.96 bits per heavy atom. The number of benzene rings is 2. The molecule has 0 aliphatic heterocycles. The predicted molar refractivity (Wildman–Crippen MR) is 127 cm³/mol. The van der Waals surface area contributed by atoms with Gasteiger partial charge < -0.3 is 9.47 Å². The van der Waals surface area contributed by atoms with Crippen LogP contribution in [0.15, 0.2) is 34.8 Å². The Morgan fingerprint density at radius 1 is 0.667 bits per heavy atom. The molecule has 0 saturated heterocycles. The van der Waals surface area contributed by atoms with Crippen LogP contribution >= 0.6 is 47.8 Å². The molecule has 0 N–H and O–H groups in total. The van der Waals surface area contributed by atoms with E-state index in [1.54, 1.807) is 0 Å². The van der Waals surface area contributed by atoms with Gasteiger partial charge in [-0.05, 0) is 76.7 Å². The van der Waals surface area contributed by atoms with Gasteiger partial charge in [0.1, 0.15) is 11.5 Å². The molecule has 0 heterocycles. The molecule has 0 saturated carbocycles. The standard InChI is InChI=1S/C22H29Br3O2/c23-13-5-1-3-7-15-26-19-10-11-20-18(17-19)9-12-21(22(20)25)27-16-8-4-2-6-14-24/h9-12,17H,1-8,13-16H2. The number of halogens is 3. The van der Waals surface area contributed by atoms with Crippen LogP contribution in [0, 0.1) is 0 Å². The Bertz CT molecular complexity index is 676. The lowest BCUT2D eigenvalue weighted by molar-refractivity contribution is 0.303. The lowest BCUT2D eigenvalue weighted by Crippen LogP contribution is -1.99. The first-order chi connectivity index (χ1) is 13.3. The van der Waals surface area contributed by atoms with Gasteiger partial charge in [0.15, 0.2) is 0 Å². The fourth-order valence-electron chi connectivity index (χ4n) is 2.92. The summed E-state index contributed by atoms with van der Waals surface area (Å²) in [5.41, 5.74) is 0. The average Bonchev–Trinajstić information content (AvgIpc) is 2.69. The first-order valence-electron chi connectivity index (χ1n) is 9.86. The largest absolute Gasteiger partial charge is 0.494 e. The maximum atomic E-state index is 5.97. The Kier molecular flexibility index (Phi) is 11.8. The van der Waals surface area contributed by atoms with Crippen molar-refractivity contribution in [2.24, 2.45) is 0 Å². The van der Waals surface area contributed by atoms with Crippen LogP contribution in [-0.2, 0) is 0 Å². The zero-order valence-corrected chi connectivity index (χ0v) is 20.6. The summed E-state index contributed by atoms with van der Waals surface area (Å²) in [5, 5.41) is 4.52. The summed E-state index contributed by atoms with van der Waals surface area (Å²) in [5.74, 6) is 1.86. The average molecular weight is 565 g/mol. The molecule has 0 aromatic heterocycles. The van der Waals surface area contributed by atoms with Crippen molar-refractivity contribution < 1.29 is 9.47 Å². The fraction of sp³-hybridized carbons (Fsp3) is 0.545. The third-order valence-electron chi connectivity index (χ3n) is 4.47. The van der Waals surface area contributed by atoms with Gasteiger partial charge in [0, 0.05) is 10.7 Å². The minimum atomic E-state index is 0.767. The van der Waals surface area contributed by atoms with Crippen molar-refractivity contribution in [1.82, 2.24) is 0 Å². The highest BCUT2D eigenvalue weighted by Crippen LogP contribution is 2.35. The molecule has 2 rings (SSSR count). The molecule has 0 bridgehead atoms. The molecule has 2 nitrogen and oxygen atoms in total. The summed E-state index contributed by atoms with van der Waals surface area (Å²) in [6.45, 7) is 1.55. The molecule has 0 radical (unpaired) electrons. The third kappa shape index (κ3) is 8.33. The van der Waals surface area contributed by atoms with Gasteiger partial charge in [-0.15, -0.1) is 0 Å². The normalized spacial score (nSPS) is 11.1. The molecule has 0 spiro atoms. The molecule has 0 aliphatic rings. The van der Waals surface area contributed by atoms with Crippen LogP contribution in [0.5, 0.6) is 11.5 Å². The topological polar surface area (TPSA) is 18.5 Å². The van der Waals surface area contributed by atoms with E-state index in [-0.39, 0.29) is 0 Å². The number of ether oxygens (including phenoxy) is 2. The Balaban J connectivity index is 1.84. The first-order valence-corrected chi connectivity index (χ1v) is 12.9. The van der Waals surface area contributed by atoms with Gasteiger partial charge >= 0.3 is 0 Å². The fourth-order valence-corrected chi connectivity index (χ4v) is 4.32. The molecule has 27 heavy (non-hydrogen) atoms. The van der Waals surface area contributed by atoms with Gasteiger partial charge in [0.2, 0.25) is 0 Å². The van der Waals surface area contributed by atoms with Crippen molar-refractivity contribution >= 4 is 58.6 Å². The molecule has 0 unspecified atom stereocenters. The molecular formula is C22H29Br3O2. The Morgan fingerprint density at radius 2 is 1.30 bits per heavy atom. The number of alkyl halides is 2. The molecule has 2 aromatic rings. The van der Waals surface area contributed by atoms with Crippen LogP contribution in [0.25, 0.3) is 10.8 Å². The highest BCUT2D eigenvalue weighted by atomic mass is 79.9. The van der Waals surface area contributed by atoms with Crippen molar-refractivity contribution in [3.63, 3.8) is 0 Å². The highest BCUT2D eigenvalue weighted by molar-refractivity contribution is 9.10. The minimum absolute atomic E-state index is 0.767. The second kappa shape index (κ2) is 13.8. The molecule has 150 valence electrons. The number of unbranched alkanes of at least 4 members (excludes halogenated alkanes) is 6. The smallest absolute Gasteiger partial charge is 0.134 e. The van der Waals surface area contributed by atoms with Gasteiger partial charge in [-0.2, -0.15) is 0 Å². The van der Waals surface area contributed by atoms with Gasteiger partial charge in [-0.1, -0.05) is 63.6 Å². The van der Waals surface area contributed by atoms with Crippen molar-refractivity contribution in [2.45, 2.75) is 51.4 Å². The highest BCUT2D eigenvalue weighted by Gasteiger charge is 2.07. The van der Waals surface area contributed by atoms with E-state index >= 15 is 0 Å². The second-order valence-electron chi connectivity index (χ2n) is 6.66. The second-order valence-corrected chi connectivity index (χ2v) is 9.04. The van der Waals surface area contributed by atoms with E-state index in [1.807, 2.05) is 0 Å². The molecule has 0 aliphatic carbocycles. The van der Waals surface area contributed by atoms with E-state index in [9.17, 15) is 0 Å². The first kappa shape index (κ1) is 23.0. The van der Waals surface area contributed by atoms with E-state index in [1.165, 1.54) is 43.9 Å². The molecule has 5 heteroatoms. The van der Waals surface area contributed by atoms with E-state index < -0.39 is 0 Å². The van der Waals surface area contributed by atoms with Crippen molar-refractivity contribution in [2.75, 3.05) is 23.9 Å². The lowest BCUT2D eigenvalue weighted by atomic mass is 10.1. The summed E-state index contributed by atoms with van der Waals surface area (Å²) >= 11 is 10.7. The van der Waals surface area contributed by atoms with Crippen molar-refractivity contribution in [3.8, 4) is 11.5 Å². The number of hydrogen-bond acceptors (Lipinski definition) is 2.